The number of hydrogen-bond donors (Lipinski definition) is 2. The highest BCUT2D eigenvalue weighted by molar-refractivity contribution is 6.08. The summed E-state index contributed by atoms with van der Waals surface area (Å²) in [6.45, 7) is 0. The average molecular weight is 407 g/mol. The molecule has 0 bridgehead atoms. The highest BCUT2D eigenvalue weighted by Gasteiger charge is 2.13. The summed E-state index contributed by atoms with van der Waals surface area (Å²) in [5, 5.41) is 5.34. The van der Waals surface area contributed by atoms with Gasteiger partial charge in [0.15, 0.2) is 0 Å². The van der Waals surface area contributed by atoms with Crippen LogP contribution in [0.2, 0.25) is 0 Å². The minimum atomic E-state index is -0.475. The molecule has 0 radical (unpaired) electrons. The van der Waals surface area contributed by atoms with Crippen LogP contribution in [0.3, 0.4) is 0 Å². The molecule has 2 amide bonds. The highest BCUT2D eigenvalue weighted by Crippen LogP contribution is 2.29. The van der Waals surface area contributed by atoms with Gasteiger partial charge in [-0.15, -0.1) is 0 Å². The summed E-state index contributed by atoms with van der Waals surface area (Å²) >= 11 is 0. The molecule has 2 aromatic carbocycles. The van der Waals surface area contributed by atoms with Crippen LogP contribution >= 0.6 is 0 Å². The van der Waals surface area contributed by atoms with E-state index in [0.717, 1.165) is 0 Å². The molecule has 0 saturated heterocycles. The van der Waals surface area contributed by atoms with Crippen LogP contribution in [0.5, 0.6) is 23.0 Å². The summed E-state index contributed by atoms with van der Waals surface area (Å²) in [4.78, 5) is 28.4. The molecule has 30 heavy (non-hydrogen) atoms. The summed E-state index contributed by atoms with van der Waals surface area (Å²) in [5.74, 6) is 1.38. The van der Waals surface area contributed by atoms with E-state index in [1.807, 2.05) is 0 Å². The molecule has 0 aliphatic rings. The molecular formula is C22H21N3O5. The van der Waals surface area contributed by atoms with E-state index in [1.54, 1.807) is 67.0 Å². The average Bonchev–Trinajstić information content (AvgIpc) is 2.75. The normalized spacial score (nSPS) is 10.1. The van der Waals surface area contributed by atoms with Crippen molar-refractivity contribution in [2.24, 2.45) is 0 Å². The van der Waals surface area contributed by atoms with E-state index >= 15 is 0 Å². The minimum Gasteiger partial charge on any atom is -0.497 e. The lowest BCUT2D eigenvalue weighted by Gasteiger charge is -2.12. The first-order chi connectivity index (χ1) is 14.6. The van der Waals surface area contributed by atoms with Crippen molar-refractivity contribution in [3.63, 3.8) is 0 Å². The molecule has 2 N–H and O–H groups in total. The predicted octanol–water partition coefficient (Wildman–Crippen LogP) is 3.86. The zero-order chi connectivity index (χ0) is 21.3. The van der Waals surface area contributed by atoms with Crippen LogP contribution in [0.25, 0.3) is 0 Å². The first-order valence-electron chi connectivity index (χ1n) is 9.07. The molecule has 0 saturated carbocycles. The molecular weight excluding hydrogens is 386 g/mol. The van der Waals surface area contributed by atoms with Gasteiger partial charge in [-0.3, -0.25) is 14.6 Å². The molecule has 0 aliphatic carbocycles. The fraction of sp³-hybridized carbons (Fsp3) is 0.136. The zero-order valence-electron chi connectivity index (χ0n) is 16.5. The molecule has 1 heterocycles. The van der Waals surface area contributed by atoms with Gasteiger partial charge in [-0.2, -0.15) is 0 Å². The largest absolute Gasteiger partial charge is 0.497 e. The number of anilines is 2. The Morgan fingerprint density at radius 1 is 0.800 bits per heavy atom. The van der Waals surface area contributed by atoms with Gasteiger partial charge in [-0.25, -0.2) is 0 Å². The SMILES string of the molecule is COc1ccc(OC)c(NC(=O)CC(=O)Nc2ccc(Oc3ccncc3)cc2)c1. The van der Waals surface area contributed by atoms with Crippen molar-refractivity contribution >= 4 is 23.2 Å². The van der Waals surface area contributed by atoms with Crippen LogP contribution in [-0.4, -0.2) is 31.0 Å². The van der Waals surface area contributed by atoms with Gasteiger partial charge in [-0.05, 0) is 48.5 Å². The number of nitrogens with zero attached hydrogens (tertiary/aromatic N) is 1. The standard InChI is InChI=1S/C22H21N3O5/c1-28-18-7-8-20(29-2)19(13-18)25-22(27)14-21(26)24-15-3-5-16(6-4-15)30-17-9-11-23-12-10-17/h3-13H,14H2,1-2H3,(H,24,26)(H,25,27). The van der Waals surface area contributed by atoms with Crippen LogP contribution in [0.4, 0.5) is 11.4 Å². The number of rotatable bonds is 8. The summed E-state index contributed by atoms with van der Waals surface area (Å²) in [5.41, 5.74) is 0.973. The van der Waals surface area contributed by atoms with Crippen molar-refractivity contribution in [2.75, 3.05) is 24.9 Å². The second-order valence-electron chi connectivity index (χ2n) is 6.15. The van der Waals surface area contributed by atoms with Gasteiger partial charge in [0.1, 0.15) is 29.4 Å². The van der Waals surface area contributed by atoms with Crippen molar-refractivity contribution in [1.29, 1.82) is 0 Å². The van der Waals surface area contributed by atoms with Crippen molar-refractivity contribution in [3.8, 4) is 23.0 Å². The van der Waals surface area contributed by atoms with Gasteiger partial charge in [0, 0.05) is 24.1 Å². The monoisotopic (exact) mass is 407 g/mol. The molecule has 3 aromatic rings. The maximum atomic E-state index is 12.2. The Morgan fingerprint density at radius 3 is 2.10 bits per heavy atom. The van der Waals surface area contributed by atoms with Crippen LogP contribution in [0.1, 0.15) is 6.42 Å². The van der Waals surface area contributed by atoms with E-state index in [2.05, 4.69) is 15.6 Å². The van der Waals surface area contributed by atoms with E-state index < -0.39 is 11.8 Å². The van der Waals surface area contributed by atoms with E-state index in [-0.39, 0.29) is 6.42 Å². The third-order valence-electron chi connectivity index (χ3n) is 4.03. The van der Waals surface area contributed by atoms with E-state index in [4.69, 9.17) is 14.2 Å². The summed E-state index contributed by atoms with van der Waals surface area (Å²) < 4.78 is 16.0. The number of hydrogen-bond acceptors (Lipinski definition) is 6. The Hall–Kier alpha value is -4.07. The van der Waals surface area contributed by atoms with Crippen LogP contribution in [-0.2, 0) is 9.59 Å². The first-order valence-corrected chi connectivity index (χ1v) is 9.07. The Balaban J connectivity index is 1.54. The Kier molecular flexibility index (Phi) is 6.83. The third-order valence-corrected chi connectivity index (χ3v) is 4.03. The molecule has 154 valence electrons. The maximum Gasteiger partial charge on any atom is 0.233 e. The van der Waals surface area contributed by atoms with Gasteiger partial charge in [0.25, 0.3) is 0 Å². The molecule has 0 aliphatic heterocycles. The lowest BCUT2D eigenvalue weighted by Crippen LogP contribution is -2.21. The van der Waals surface area contributed by atoms with Crippen LogP contribution < -0.4 is 24.8 Å². The van der Waals surface area contributed by atoms with E-state index in [1.165, 1.54) is 14.2 Å². The lowest BCUT2D eigenvalue weighted by atomic mass is 10.2. The quantitative estimate of drug-likeness (QED) is 0.550. The molecule has 0 atom stereocenters. The number of aromatic nitrogens is 1. The number of carbonyl (C=O) groups excluding carboxylic acids is 2. The molecule has 8 heteroatoms. The third kappa shape index (κ3) is 5.71. The van der Waals surface area contributed by atoms with Gasteiger partial charge >= 0.3 is 0 Å². The molecule has 0 unspecified atom stereocenters. The van der Waals surface area contributed by atoms with Crippen LogP contribution in [0.15, 0.2) is 67.0 Å². The lowest BCUT2D eigenvalue weighted by molar-refractivity contribution is -0.123. The molecule has 8 nitrogen and oxygen atoms in total. The topological polar surface area (TPSA) is 98.8 Å². The van der Waals surface area contributed by atoms with E-state index in [0.29, 0.717) is 34.4 Å². The van der Waals surface area contributed by atoms with Crippen LogP contribution in [0, 0.1) is 0 Å². The predicted molar refractivity (Wildman–Crippen MR) is 112 cm³/mol. The van der Waals surface area contributed by atoms with Crippen molar-refractivity contribution in [3.05, 3.63) is 67.0 Å². The molecule has 0 fully saturated rings. The maximum absolute atomic E-state index is 12.2. The number of nitrogens with one attached hydrogen (secondary N) is 2. The molecule has 1 aromatic heterocycles. The van der Waals surface area contributed by atoms with Crippen molar-refractivity contribution < 1.29 is 23.8 Å². The van der Waals surface area contributed by atoms with Gasteiger partial charge in [-0.1, -0.05) is 0 Å². The fourth-order valence-corrected chi connectivity index (χ4v) is 2.61. The second kappa shape index (κ2) is 9.92. The first kappa shape index (κ1) is 20.7. The molecule has 0 spiro atoms. The summed E-state index contributed by atoms with van der Waals surface area (Å²) in [6, 6.07) is 15.3. The molecule has 3 rings (SSSR count). The Labute approximate surface area is 173 Å². The number of benzene rings is 2. The summed E-state index contributed by atoms with van der Waals surface area (Å²) in [6.07, 6.45) is 2.92. The smallest absolute Gasteiger partial charge is 0.233 e. The Bertz CT molecular complexity index is 1010. The highest BCUT2D eigenvalue weighted by atomic mass is 16.5. The zero-order valence-corrected chi connectivity index (χ0v) is 16.5. The minimum absolute atomic E-state index is 0.352. The van der Waals surface area contributed by atoms with Gasteiger partial charge in [0.2, 0.25) is 11.8 Å². The number of pyridine rings is 1. The van der Waals surface area contributed by atoms with E-state index in [9.17, 15) is 9.59 Å². The number of ether oxygens (including phenoxy) is 3. The number of methoxy groups -OCH3 is 2. The van der Waals surface area contributed by atoms with Gasteiger partial charge < -0.3 is 24.8 Å². The van der Waals surface area contributed by atoms with Gasteiger partial charge in [0.05, 0.1) is 19.9 Å². The van der Waals surface area contributed by atoms with Crippen molar-refractivity contribution in [1.82, 2.24) is 4.98 Å². The second-order valence-corrected chi connectivity index (χ2v) is 6.15. The number of amides is 2. The summed E-state index contributed by atoms with van der Waals surface area (Å²) in [7, 11) is 3.01. The Morgan fingerprint density at radius 2 is 1.43 bits per heavy atom. The van der Waals surface area contributed by atoms with Crippen molar-refractivity contribution in [2.45, 2.75) is 6.42 Å². The number of carbonyl (C=O) groups is 2. The fourth-order valence-electron chi connectivity index (χ4n) is 2.61.